The van der Waals surface area contributed by atoms with Crippen molar-refractivity contribution in [1.29, 1.82) is 0 Å². The van der Waals surface area contributed by atoms with Gasteiger partial charge in [0, 0.05) is 25.7 Å². The minimum atomic E-state index is -0.742. The van der Waals surface area contributed by atoms with Crippen LogP contribution in [0.25, 0.3) is 21.5 Å². The lowest BCUT2D eigenvalue weighted by Gasteiger charge is -2.55. The monoisotopic (exact) mass is 1070 g/mol. The highest BCUT2D eigenvalue weighted by atomic mass is 16.6. The molecule has 8 fully saturated rings. The van der Waals surface area contributed by atoms with Crippen LogP contribution in [0, 0.1) is 11.8 Å². The molecule has 9 unspecified atom stereocenters. The predicted octanol–water partition coefficient (Wildman–Crippen LogP) is 9.92. The standard InChI is InChI=1S/C64H80O14/c1-35-24-50-53(31-59(66)74-50)73-58-30-52-54(78-63(58,4)32-35)25-37(3)60-49(71-52)18-9-8-17-45-46(75-60)19-11-21-48-47(70-45)20-12-22-57-64(5,77-48)33-56-51(72-57)29-55-61(76-56)44(65)28-41(69-55)23-36(2)34-68-62(67)42-16-10-15-40-26-38-13-6-7-14-39(38)27-43(40)42/h6-11,13-16,21,26-27,35,37,41,44-58,60-61,65H,2,12,17-20,22-25,28-34H2,1,3-5H3/t35-,37+,41-,44+,45?,46+,47?,48-,49?,50+,51?,52?,53?,54+,55?,56-,57?,58?,60-,61+,63-,64+/m1/s1. The van der Waals surface area contributed by atoms with E-state index in [9.17, 15) is 14.7 Å². The van der Waals surface area contributed by atoms with Gasteiger partial charge in [-0.25, -0.2) is 4.79 Å². The Labute approximate surface area is 458 Å². The molecule has 1 N–H and O–H groups in total. The zero-order valence-corrected chi connectivity index (χ0v) is 45.8. The molecule has 10 aliphatic rings. The third kappa shape index (κ3) is 10.6. The van der Waals surface area contributed by atoms with E-state index in [1.54, 1.807) is 6.07 Å². The van der Waals surface area contributed by atoms with Crippen molar-refractivity contribution in [3.63, 3.8) is 0 Å². The lowest BCUT2D eigenvalue weighted by molar-refractivity contribution is -0.316. The van der Waals surface area contributed by atoms with Crippen LogP contribution in [-0.4, -0.2) is 145 Å². The number of rotatable bonds is 5. The van der Waals surface area contributed by atoms with Crippen LogP contribution < -0.4 is 0 Å². The first-order chi connectivity index (χ1) is 37.7. The van der Waals surface area contributed by atoms with E-state index in [1.165, 1.54) is 0 Å². The molecule has 0 saturated carbocycles. The maximum Gasteiger partial charge on any atom is 0.339 e. The number of esters is 2. The van der Waals surface area contributed by atoms with Crippen molar-refractivity contribution in [3.05, 3.63) is 96.6 Å². The normalized spacial score (nSPS) is 44.4. The molecule has 0 aromatic heterocycles. The van der Waals surface area contributed by atoms with E-state index >= 15 is 0 Å². The zero-order valence-electron chi connectivity index (χ0n) is 45.8. The molecule has 3 aromatic rings. The van der Waals surface area contributed by atoms with E-state index in [2.05, 4.69) is 70.7 Å². The Balaban J connectivity index is 0.630. The first-order valence-corrected chi connectivity index (χ1v) is 29.6. The average molecular weight is 1070 g/mol. The Morgan fingerprint density at radius 1 is 0.654 bits per heavy atom. The fourth-order valence-electron chi connectivity index (χ4n) is 15.6. The van der Waals surface area contributed by atoms with Gasteiger partial charge in [-0.05, 0) is 135 Å². The minimum Gasteiger partial charge on any atom is -0.459 e. The maximum atomic E-state index is 13.5. The Hall–Kier alpha value is -4.06. The summed E-state index contributed by atoms with van der Waals surface area (Å²) >= 11 is 0. The van der Waals surface area contributed by atoms with Crippen LogP contribution in [0.2, 0.25) is 0 Å². The van der Waals surface area contributed by atoms with Crippen molar-refractivity contribution >= 4 is 33.5 Å². The number of aliphatic hydroxyl groups excluding tert-OH is 1. The summed E-state index contributed by atoms with van der Waals surface area (Å²) in [5, 5.41) is 15.7. The second-order valence-corrected chi connectivity index (χ2v) is 25.5. The highest BCUT2D eigenvalue weighted by Crippen LogP contribution is 2.49. The number of ether oxygens (including phenoxy) is 11. The van der Waals surface area contributed by atoms with E-state index in [1.807, 2.05) is 36.4 Å². The van der Waals surface area contributed by atoms with Crippen molar-refractivity contribution in [2.24, 2.45) is 11.8 Å². The van der Waals surface area contributed by atoms with Gasteiger partial charge in [0.1, 0.15) is 31.0 Å². The van der Waals surface area contributed by atoms with Crippen LogP contribution in [0.3, 0.4) is 0 Å². The van der Waals surface area contributed by atoms with Gasteiger partial charge < -0.3 is 57.2 Å². The van der Waals surface area contributed by atoms with Crippen molar-refractivity contribution in [1.82, 2.24) is 0 Å². The number of carbonyl (C=O) groups excluding carboxylic acids is 2. The zero-order chi connectivity index (χ0) is 53.5. The molecule has 3 aromatic carbocycles. The smallest absolute Gasteiger partial charge is 0.339 e. The van der Waals surface area contributed by atoms with Crippen molar-refractivity contribution in [2.45, 2.75) is 245 Å². The molecular formula is C64H80O14. The molecule has 13 rings (SSSR count). The second kappa shape index (κ2) is 21.7. The topological polar surface area (TPSA) is 156 Å². The predicted molar refractivity (Wildman–Crippen MR) is 290 cm³/mol. The van der Waals surface area contributed by atoms with E-state index in [4.69, 9.17) is 52.1 Å². The van der Waals surface area contributed by atoms with Gasteiger partial charge in [-0.1, -0.05) is 81.1 Å². The number of aliphatic hydroxyl groups is 1. The van der Waals surface area contributed by atoms with Crippen molar-refractivity contribution < 1.29 is 66.8 Å². The average Bonchev–Trinajstić information content (AvgIpc) is 3.91. The summed E-state index contributed by atoms with van der Waals surface area (Å²) in [5.41, 5.74) is 0.0871. The molecule has 14 heteroatoms. The molecule has 0 bridgehead atoms. The molecule has 0 spiro atoms. The van der Waals surface area contributed by atoms with Crippen LogP contribution in [0.4, 0.5) is 0 Å². The van der Waals surface area contributed by atoms with Crippen LogP contribution >= 0.6 is 0 Å². The fourth-order valence-corrected chi connectivity index (χ4v) is 15.6. The number of hydrogen-bond acceptors (Lipinski definition) is 14. The van der Waals surface area contributed by atoms with Crippen molar-refractivity contribution in [2.75, 3.05) is 6.61 Å². The highest BCUT2D eigenvalue weighted by Gasteiger charge is 2.57. The summed E-state index contributed by atoms with van der Waals surface area (Å²) in [5.74, 6) is -0.0878. The van der Waals surface area contributed by atoms with Crippen LogP contribution in [0.5, 0.6) is 0 Å². The Morgan fingerprint density at radius 3 is 2.24 bits per heavy atom. The Kier molecular flexibility index (Phi) is 14.8. The summed E-state index contributed by atoms with van der Waals surface area (Å²) in [7, 11) is 0. The Bertz CT molecular complexity index is 2780. The highest BCUT2D eigenvalue weighted by molar-refractivity contribution is 6.09. The third-order valence-corrected chi connectivity index (χ3v) is 19.4. The summed E-state index contributed by atoms with van der Waals surface area (Å²) in [6, 6.07) is 18.0. The van der Waals surface area contributed by atoms with Crippen LogP contribution in [0.1, 0.15) is 134 Å². The lowest BCUT2D eigenvalue weighted by atomic mass is 9.78. The number of benzene rings is 3. The quantitative estimate of drug-likeness (QED) is 0.146. The molecule has 10 heterocycles. The fraction of sp³-hybridized carbons (Fsp3) is 0.656. The second-order valence-electron chi connectivity index (χ2n) is 25.5. The minimum absolute atomic E-state index is 0.0550. The first-order valence-electron chi connectivity index (χ1n) is 29.6. The SMILES string of the molecule is C=C(COC(=O)c1cccc2cc3ccccc3cc12)C[C@@H]1C[C@H](O)[C@@H]2O[C@@H]3C[C@]4(C)O[C@@H]5C=CC[C@@H]6O[C@H]7C(CC=CCC6OC5CCCC4OC3CC2O1)OC1CC2OC3CC(=O)O[C@H]3C[C@@H](C)C[C@@]2(C)O[C@H]1C[C@@H]7C. The molecular weight excluding hydrogens is 993 g/mol. The van der Waals surface area contributed by atoms with Gasteiger partial charge in [-0.2, -0.15) is 0 Å². The number of hydrogen-bond donors (Lipinski definition) is 1. The molecule has 420 valence electrons. The maximum absolute atomic E-state index is 13.5. The van der Waals surface area contributed by atoms with Crippen LogP contribution in [-0.2, 0) is 56.9 Å². The summed E-state index contributed by atoms with van der Waals surface area (Å²) < 4.78 is 74.9. The molecule has 0 aliphatic carbocycles. The van der Waals surface area contributed by atoms with E-state index in [0.717, 1.165) is 78.5 Å². The molecule has 14 nitrogen and oxygen atoms in total. The molecule has 22 atom stereocenters. The number of fused-ring (bicyclic) bond motifs is 11. The molecule has 78 heavy (non-hydrogen) atoms. The largest absolute Gasteiger partial charge is 0.459 e. The van der Waals surface area contributed by atoms with E-state index < -0.39 is 29.4 Å². The summed E-state index contributed by atoms with van der Waals surface area (Å²) in [6.07, 6.45) is 14.4. The number of carbonyl (C=O) groups is 2. The van der Waals surface area contributed by atoms with Gasteiger partial charge >= 0.3 is 11.9 Å². The summed E-state index contributed by atoms with van der Waals surface area (Å²) in [4.78, 5) is 25.9. The van der Waals surface area contributed by atoms with Gasteiger partial charge in [-0.15, -0.1) is 0 Å². The van der Waals surface area contributed by atoms with Gasteiger partial charge in [0.2, 0.25) is 0 Å². The van der Waals surface area contributed by atoms with Gasteiger partial charge in [-0.3, -0.25) is 4.79 Å². The summed E-state index contributed by atoms with van der Waals surface area (Å²) in [6.45, 7) is 13.2. The van der Waals surface area contributed by atoms with Crippen LogP contribution in [0.15, 0.2) is 91.1 Å². The van der Waals surface area contributed by atoms with Crippen molar-refractivity contribution in [3.8, 4) is 0 Å². The van der Waals surface area contributed by atoms with E-state index in [0.29, 0.717) is 50.0 Å². The molecule has 0 amide bonds. The van der Waals surface area contributed by atoms with Gasteiger partial charge in [0.15, 0.2) is 0 Å². The van der Waals surface area contributed by atoms with E-state index in [-0.39, 0.29) is 123 Å². The molecule has 0 radical (unpaired) electrons. The Morgan fingerprint density at radius 2 is 1.38 bits per heavy atom. The molecule has 10 aliphatic heterocycles. The lowest BCUT2D eigenvalue weighted by Crippen LogP contribution is -2.65. The third-order valence-electron chi connectivity index (χ3n) is 19.4. The van der Waals surface area contributed by atoms with Gasteiger partial charge in [0.05, 0.1) is 109 Å². The van der Waals surface area contributed by atoms with Gasteiger partial charge in [0.25, 0.3) is 0 Å². The molecule has 8 saturated heterocycles. The first kappa shape index (κ1) is 53.3.